The number of rotatable bonds is 5. The van der Waals surface area contributed by atoms with E-state index in [1.807, 2.05) is 43.3 Å². The molecule has 1 heterocycles. The van der Waals surface area contributed by atoms with Crippen molar-refractivity contribution in [1.82, 2.24) is 9.97 Å². The summed E-state index contributed by atoms with van der Waals surface area (Å²) in [5.74, 6) is 1.47. The van der Waals surface area contributed by atoms with E-state index in [2.05, 4.69) is 17.0 Å². The van der Waals surface area contributed by atoms with Crippen molar-refractivity contribution >= 4 is 22.5 Å². The molecule has 0 fully saturated rings. The van der Waals surface area contributed by atoms with Gasteiger partial charge in [0.05, 0.1) is 25.1 Å². The van der Waals surface area contributed by atoms with Gasteiger partial charge in [0.1, 0.15) is 18.3 Å². The fourth-order valence-electron chi connectivity index (χ4n) is 2.88. The van der Waals surface area contributed by atoms with Crippen LogP contribution >= 0.6 is 11.6 Å². The van der Waals surface area contributed by atoms with Crippen molar-refractivity contribution in [2.45, 2.75) is 19.5 Å². The zero-order chi connectivity index (χ0) is 18.0. The molecule has 6 heteroatoms. The number of quaternary nitrogens is 1. The Bertz CT molecular complexity index is 955. The number of aromatic nitrogens is 2. The summed E-state index contributed by atoms with van der Waals surface area (Å²) in [4.78, 5) is 21.0. The standard InChI is InChI=1S/C19H20ClN3O2/c1-12(18-21-16-7-5-4-6-15(16)19(24)22-18)23(2)11-13-10-14(20)8-9-17(13)25-3/h4-10,12H,11H2,1-3H3,(H,21,22,24)/p+1/t12-/m0/s1. The number of nitrogens with one attached hydrogen (secondary N) is 2. The number of fused-ring (bicyclic) bond motifs is 1. The maximum Gasteiger partial charge on any atom is 0.258 e. The van der Waals surface area contributed by atoms with Gasteiger partial charge in [0.2, 0.25) is 0 Å². The van der Waals surface area contributed by atoms with E-state index in [4.69, 9.17) is 16.3 Å². The summed E-state index contributed by atoms with van der Waals surface area (Å²) in [6, 6.07) is 13.0. The predicted molar refractivity (Wildman–Crippen MR) is 99.4 cm³/mol. The molecule has 3 rings (SSSR count). The minimum absolute atomic E-state index is 0.000920. The molecule has 5 nitrogen and oxygen atoms in total. The molecule has 3 aromatic rings. The number of aromatic amines is 1. The fraction of sp³-hybridized carbons (Fsp3) is 0.263. The van der Waals surface area contributed by atoms with E-state index in [0.717, 1.165) is 11.3 Å². The van der Waals surface area contributed by atoms with E-state index in [9.17, 15) is 4.79 Å². The van der Waals surface area contributed by atoms with Crippen molar-refractivity contribution in [2.24, 2.45) is 0 Å². The highest BCUT2D eigenvalue weighted by Crippen LogP contribution is 2.22. The van der Waals surface area contributed by atoms with Gasteiger partial charge in [0, 0.05) is 10.6 Å². The molecule has 130 valence electrons. The van der Waals surface area contributed by atoms with Crippen LogP contribution in [-0.4, -0.2) is 24.1 Å². The molecule has 0 aliphatic heterocycles. The Hall–Kier alpha value is -2.37. The SMILES string of the molecule is COc1ccc(Cl)cc1C[NH+](C)[C@@H](C)c1nc2ccccc2c(=O)[nH]1. The maximum atomic E-state index is 12.3. The first kappa shape index (κ1) is 17.5. The molecule has 2 atom stereocenters. The summed E-state index contributed by atoms with van der Waals surface area (Å²) in [6.45, 7) is 2.74. The van der Waals surface area contributed by atoms with Crippen LogP contribution in [0.1, 0.15) is 24.4 Å². The molecule has 0 saturated carbocycles. The molecule has 0 aliphatic rings. The minimum atomic E-state index is -0.111. The summed E-state index contributed by atoms with van der Waals surface area (Å²) in [7, 11) is 3.70. The first-order valence-corrected chi connectivity index (χ1v) is 8.51. The Morgan fingerprint density at radius 1 is 1.28 bits per heavy atom. The summed E-state index contributed by atoms with van der Waals surface area (Å²) in [6.07, 6.45) is 0. The number of para-hydroxylation sites is 1. The van der Waals surface area contributed by atoms with Crippen molar-refractivity contribution in [3.05, 3.63) is 69.2 Å². The molecule has 1 aromatic heterocycles. The topological polar surface area (TPSA) is 59.4 Å². The molecule has 0 amide bonds. The van der Waals surface area contributed by atoms with Crippen molar-refractivity contribution in [3.63, 3.8) is 0 Å². The third-order valence-electron chi connectivity index (χ3n) is 4.49. The molecule has 25 heavy (non-hydrogen) atoms. The van der Waals surface area contributed by atoms with Crippen molar-refractivity contribution in [2.75, 3.05) is 14.2 Å². The van der Waals surface area contributed by atoms with Gasteiger partial charge < -0.3 is 14.6 Å². The predicted octanol–water partition coefficient (Wildman–Crippen LogP) is 2.36. The number of methoxy groups -OCH3 is 1. The third-order valence-corrected chi connectivity index (χ3v) is 4.73. The highest BCUT2D eigenvalue weighted by molar-refractivity contribution is 6.30. The number of nitrogens with zero attached hydrogens (tertiary/aromatic N) is 1. The Kier molecular flexibility index (Phi) is 5.06. The fourth-order valence-corrected chi connectivity index (χ4v) is 3.08. The second-order valence-electron chi connectivity index (χ2n) is 6.17. The van der Waals surface area contributed by atoms with Crippen molar-refractivity contribution < 1.29 is 9.64 Å². The first-order chi connectivity index (χ1) is 12.0. The Morgan fingerprint density at radius 3 is 2.80 bits per heavy atom. The summed E-state index contributed by atoms with van der Waals surface area (Å²) in [5, 5.41) is 1.28. The van der Waals surface area contributed by atoms with Gasteiger partial charge in [-0.2, -0.15) is 0 Å². The monoisotopic (exact) mass is 358 g/mol. The number of hydrogen-bond acceptors (Lipinski definition) is 3. The quantitative estimate of drug-likeness (QED) is 0.736. The molecule has 0 aliphatic carbocycles. The molecule has 2 N–H and O–H groups in total. The zero-order valence-corrected chi connectivity index (χ0v) is 15.2. The molecule has 0 bridgehead atoms. The highest BCUT2D eigenvalue weighted by atomic mass is 35.5. The summed E-state index contributed by atoms with van der Waals surface area (Å²) >= 11 is 6.12. The van der Waals surface area contributed by atoms with Gasteiger partial charge >= 0.3 is 0 Å². The average molecular weight is 359 g/mol. The van der Waals surface area contributed by atoms with Crippen LogP contribution in [0.5, 0.6) is 5.75 Å². The lowest BCUT2D eigenvalue weighted by atomic mass is 10.1. The molecular weight excluding hydrogens is 338 g/mol. The van der Waals surface area contributed by atoms with Crippen molar-refractivity contribution in [3.8, 4) is 5.75 Å². The number of halogens is 1. The molecule has 1 unspecified atom stereocenters. The van der Waals surface area contributed by atoms with E-state index < -0.39 is 0 Å². The van der Waals surface area contributed by atoms with Crippen LogP contribution in [0.3, 0.4) is 0 Å². The Labute approximate surface area is 151 Å². The van der Waals surface area contributed by atoms with Gasteiger partial charge in [-0.1, -0.05) is 23.7 Å². The normalized spacial score (nSPS) is 13.6. The average Bonchev–Trinajstić information content (AvgIpc) is 2.61. The smallest absolute Gasteiger partial charge is 0.258 e. The van der Waals surface area contributed by atoms with Crippen LogP contribution in [0.2, 0.25) is 5.02 Å². The third kappa shape index (κ3) is 3.67. The van der Waals surface area contributed by atoms with E-state index in [-0.39, 0.29) is 11.6 Å². The molecule has 0 radical (unpaired) electrons. The molecule has 0 spiro atoms. The van der Waals surface area contributed by atoms with E-state index in [1.165, 1.54) is 4.90 Å². The lowest BCUT2D eigenvalue weighted by Gasteiger charge is -2.22. The van der Waals surface area contributed by atoms with Crippen LogP contribution in [-0.2, 0) is 6.54 Å². The number of hydrogen-bond donors (Lipinski definition) is 2. The van der Waals surface area contributed by atoms with Crippen molar-refractivity contribution in [1.29, 1.82) is 0 Å². The maximum absolute atomic E-state index is 12.3. The van der Waals surface area contributed by atoms with Gasteiger partial charge in [0.25, 0.3) is 5.56 Å². The van der Waals surface area contributed by atoms with E-state index >= 15 is 0 Å². The second kappa shape index (κ2) is 7.25. The van der Waals surface area contributed by atoms with E-state index in [0.29, 0.717) is 28.3 Å². The minimum Gasteiger partial charge on any atom is -0.496 e. The zero-order valence-electron chi connectivity index (χ0n) is 14.5. The lowest BCUT2D eigenvalue weighted by molar-refractivity contribution is -0.924. The molecule has 2 aromatic carbocycles. The van der Waals surface area contributed by atoms with Crippen LogP contribution in [0.4, 0.5) is 0 Å². The van der Waals surface area contributed by atoms with E-state index in [1.54, 1.807) is 13.2 Å². The van der Waals surface area contributed by atoms with Crippen LogP contribution in [0.25, 0.3) is 10.9 Å². The molecular formula is C19H21ClN3O2+. The van der Waals surface area contributed by atoms with Gasteiger partial charge in [-0.05, 0) is 37.3 Å². The highest BCUT2D eigenvalue weighted by Gasteiger charge is 2.21. The second-order valence-corrected chi connectivity index (χ2v) is 6.61. The van der Waals surface area contributed by atoms with Gasteiger partial charge in [-0.15, -0.1) is 0 Å². The van der Waals surface area contributed by atoms with Gasteiger partial charge in [-0.3, -0.25) is 4.79 Å². The van der Waals surface area contributed by atoms with Gasteiger partial charge in [0.15, 0.2) is 5.82 Å². The summed E-state index contributed by atoms with van der Waals surface area (Å²) in [5.41, 5.74) is 1.62. The largest absolute Gasteiger partial charge is 0.496 e. The summed E-state index contributed by atoms with van der Waals surface area (Å²) < 4.78 is 5.42. The first-order valence-electron chi connectivity index (χ1n) is 8.13. The number of benzene rings is 2. The Balaban J connectivity index is 1.89. The van der Waals surface area contributed by atoms with Crippen LogP contribution in [0, 0.1) is 0 Å². The van der Waals surface area contributed by atoms with Gasteiger partial charge in [-0.25, -0.2) is 4.98 Å². The Morgan fingerprint density at radius 2 is 2.04 bits per heavy atom. The number of ether oxygens (including phenoxy) is 1. The van der Waals surface area contributed by atoms with Crippen LogP contribution < -0.4 is 15.2 Å². The van der Waals surface area contributed by atoms with Crippen LogP contribution in [0.15, 0.2) is 47.3 Å². The number of H-pyrrole nitrogens is 1. The molecule has 0 saturated heterocycles. The lowest BCUT2D eigenvalue weighted by Crippen LogP contribution is -3.07.